The molecule has 1 heterocycles. The Hall–Kier alpha value is -2.05. The van der Waals surface area contributed by atoms with Crippen LogP contribution in [0.1, 0.15) is 17.5 Å². The van der Waals surface area contributed by atoms with Gasteiger partial charge in [-0.2, -0.15) is 5.26 Å². The Kier molecular flexibility index (Phi) is 3.96. The number of nitrogens with one attached hydrogen (secondary N) is 1. The molecule has 0 aliphatic rings. The standard InChI is InChI=1S/C11H9FN4O2S2/c1-2-10-14-15-11(19-10)16-20(17,18)8-3-4-9(12)7(5-8)6-13/h3-5H,2H2,1H3,(H,15,16). The van der Waals surface area contributed by atoms with Crippen LogP contribution in [0.4, 0.5) is 9.52 Å². The first kappa shape index (κ1) is 14.4. The molecule has 0 aliphatic heterocycles. The minimum Gasteiger partial charge on any atom is -0.253 e. The van der Waals surface area contributed by atoms with Crippen molar-refractivity contribution in [2.75, 3.05) is 4.72 Å². The highest BCUT2D eigenvalue weighted by Gasteiger charge is 2.18. The summed E-state index contributed by atoms with van der Waals surface area (Å²) in [7, 11) is -3.92. The van der Waals surface area contributed by atoms with Crippen LogP contribution in [-0.2, 0) is 16.4 Å². The average molecular weight is 312 g/mol. The molecule has 1 aromatic heterocycles. The Morgan fingerprint density at radius 2 is 2.20 bits per heavy atom. The van der Waals surface area contributed by atoms with Crippen molar-refractivity contribution in [3.8, 4) is 6.07 Å². The maximum Gasteiger partial charge on any atom is 0.263 e. The maximum absolute atomic E-state index is 13.2. The summed E-state index contributed by atoms with van der Waals surface area (Å²) >= 11 is 1.12. The Bertz CT molecular complexity index is 780. The van der Waals surface area contributed by atoms with Gasteiger partial charge in [-0.05, 0) is 24.6 Å². The van der Waals surface area contributed by atoms with Crippen molar-refractivity contribution in [1.29, 1.82) is 5.26 Å². The molecule has 9 heteroatoms. The summed E-state index contributed by atoms with van der Waals surface area (Å²) in [4.78, 5) is -0.205. The van der Waals surface area contributed by atoms with Crippen molar-refractivity contribution in [3.05, 3.63) is 34.6 Å². The van der Waals surface area contributed by atoms with E-state index >= 15 is 0 Å². The number of rotatable bonds is 4. The monoisotopic (exact) mass is 312 g/mol. The van der Waals surface area contributed by atoms with Crippen LogP contribution in [0.2, 0.25) is 0 Å². The summed E-state index contributed by atoms with van der Waals surface area (Å²) in [6, 6.07) is 4.58. The van der Waals surface area contributed by atoms with Gasteiger partial charge in [-0.3, -0.25) is 4.72 Å². The normalized spacial score (nSPS) is 11.1. The molecular formula is C11H9FN4O2S2. The lowest BCUT2D eigenvalue weighted by molar-refractivity contribution is 0.599. The van der Waals surface area contributed by atoms with Gasteiger partial charge in [0.05, 0.1) is 10.5 Å². The van der Waals surface area contributed by atoms with Gasteiger partial charge >= 0.3 is 0 Å². The van der Waals surface area contributed by atoms with Gasteiger partial charge in [-0.15, -0.1) is 10.2 Å². The third-order valence-electron chi connectivity index (χ3n) is 2.36. The molecule has 1 aromatic carbocycles. The van der Waals surface area contributed by atoms with E-state index in [0.29, 0.717) is 11.4 Å². The number of aromatic nitrogens is 2. The lowest BCUT2D eigenvalue weighted by atomic mass is 10.2. The molecule has 0 atom stereocenters. The molecule has 0 fully saturated rings. The van der Waals surface area contributed by atoms with Crippen LogP contribution in [-0.4, -0.2) is 18.6 Å². The quantitative estimate of drug-likeness (QED) is 0.930. The van der Waals surface area contributed by atoms with Crippen LogP contribution in [0, 0.1) is 17.1 Å². The third kappa shape index (κ3) is 2.92. The summed E-state index contributed by atoms with van der Waals surface area (Å²) in [5.74, 6) is -0.768. The second-order valence-electron chi connectivity index (χ2n) is 3.71. The van der Waals surface area contributed by atoms with Crippen LogP contribution in [0.3, 0.4) is 0 Å². The number of halogens is 1. The lowest BCUT2D eigenvalue weighted by Gasteiger charge is -2.05. The number of hydrogen-bond donors (Lipinski definition) is 1. The number of anilines is 1. The molecule has 20 heavy (non-hydrogen) atoms. The fourth-order valence-corrected chi connectivity index (χ4v) is 3.30. The van der Waals surface area contributed by atoms with E-state index in [2.05, 4.69) is 14.9 Å². The van der Waals surface area contributed by atoms with Crippen LogP contribution in [0.25, 0.3) is 0 Å². The van der Waals surface area contributed by atoms with Gasteiger partial charge in [0.15, 0.2) is 0 Å². The fraction of sp³-hybridized carbons (Fsp3) is 0.182. The molecule has 1 N–H and O–H groups in total. The van der Waals surface area contributed by atoms with Crippen molar-refractivity contribution in [1.82, 2.24) is 10.2 Å². The van der Waals surface area contributed by atoms with Gasteiger partial charge in [0.25, 0.3) is 10.0 Å². The van der Waals surface area contributed by atoms with E-state index in [1.165, 1.54) is 0 Å². The van der Waals surface area contributed by atoms with Gasteiger partial charge < -0.3 is 0 Å². The van der Waals surface area contributed by atoms with Crippen molar-refractivity contribution in [2.45, 2.75) is 18.2 Å². The largest absolute Gasteiger partial charge is 0.263 e. The van der Waals surface area contributed by atoms with Crippen molar-refractivity contribution in [3.63, 3.8) is 0 Å². The first-order chi connectivity index (χ1) is 9.46. The second-order valence-corrected chi connectivity index (χ2v) is 6.46. The Morgan fingerprint density at radius 3 is 2.80 bits per heavy atom. The van der Waals surface area contributed by atoms with E-state index < -0.39 is 15.8 Å². The molecule has 0 bridgehead atoms. The molecule has 2 aromatic rings. The van der Waals surface area contributed by atoms with E-state index in [1.807, 2.05) is 6.92 Å². The van der Waals surface area contributed by atoms with E-state index in [9.17, 15) is 12.8 Å². The van der Waals surface area contributed by atoms with Crippen molar-refractivity contribution < 1.29 is 12.8 Å². The van der Waals surface area contributed by atoms with E-state index in [0.717, 1.165) is 29.5 Å². The summed E-state index contributed by atoms with van der Waals surface area (Å²) in [5.41, 5.74) is -0.334. The Labute approximate surface area is 119 Å². The summed E-state index contributed by atoms with van der Waals surface area (Å²) in [5, 5.41) is 17.0. The number of nitriles is 1. The predicted octanol–water partition coefficient (Wildman–Crippen LogP) is 1.91. The molecule has 0 saturated heterocycles. The molecule has 0 amide bonds. The smallest absolute Gasteiger partial charge is 0.253 e. The predicted molar refractivity (Wildman–Crippen MR) is 71.2 cm³/mol. The number of nitrogens with zero attached hydrogens (tertiary/aromatic N) is 3. The van der Waals surface area contributed by atoms with Crippen molar-refractivity contribution >= 4 is 26.5 Å². The highest BCUT2D eigenvalue weighted by Crippen LogP contribution is 2.21. The molecule has 0 radical (unpaired) electrons. The zero-order valence-corrected chi connectivity index (χ0v) is 11.9. The summed E-state index contributed by atoms with van der Waals surface area (Å²) in [6.07, 6.45) is 0.647. The van der Waals surface area contributed by atoms with E-state index in [4.69, 9.17) is 5.26 Å². The SMILES string of the molecule is CCc1nnc(NS(=O)(=O)c2ccc(F)c(C#N)c2)s1. The molecule has 104 valence electrons. The van der Waals surface area contributed by atoms with E-state index in [-0.39, 0.29) is 15.6 Å². The highest BCUT2D eigenvalue weighted by molar-refractivity contribution is 7.93. The molecule has 2 rings (SSSR count). The van der Waals surface area contributed by atoms with Gasteiger partial charge in [0, 0.05) is 0 Å². The van der Waals surface area contributed by atoms with Gasteiger partial charge in [-0.25, -0.2) is 12.8 Å². The van der Waals surface area contributed by atoms with Crippen LogP contribution in [0.5, 0.6) is 0 Å². The Morgan fingerprint density at radius 1 is 1.45 bits per heavy atom. The number of sulfonamides is 1. The lowest BCUT2D eigenvalue weighted by Crippen LogP contribution is -2.13. The molecule has 0 aliphatic carbocycles. The molecule has 0 spiro atoms. The number of benzene rings is 1. The van der Waals surface area contributed by atoms with Gasteiger partial charge in [0.2, 0.25) is 5.13 Å². The molecule has 0 saturated carbocycles. The second kappa shape index (κ2) is 5.52. The van der Waals surface area contributed by atoms with Gasteiger partial charge in [0.1, 0.15) is 16.9 Å². The Balaban J connectivity index is 2.33. The van der Waals surface area contributed by atoms with Crippen LogP contribution in [0.15, 0.2) is 23.1 Å². The highest BCUT2D eigenvalue weighted by atomic mass is 32.2. The number of aryl methyl sites for hydroxylation is 1. The molecule has 6 nitrogen and oxygen atoms in total. The maximum atomic E-state index is 13.2. The minimum atomic E-state index is -3.92. The van der Waals surface area contributed by atoms with Crippen LogP contribution >= 0.6 is 11.3 Å². The number of hydrogen-bond acceptors (Lipinski definition) is 6. The van der Waals surface area contributed by atoms with Crippen LogP contribution < -0.4 is 4.72 Å². The van der Waals surface area contributed by atoms with Gasteiger partial charge in [-0.1, -0.05) is 18.3 Å². The van der Waals surface area contributed by atoms with E-state index in [1.54, 1.807) is 6.07 Å². The minimum absolute atomic E-state index is 0.129. The summed E-state index contributed by atoms with van der Waals surface area (Å²) in [6.45, 7) is 1.87. The third-order valence-corrected chi connectivity index (χ3v) is 4.81. The zero-order chi connectivity index (χ0) is 14.8. The zero-order valence-electron chi connectivity index (χ0n) is 10.3. The molecular weight excluding hydrogens is 303 g/mol. The average Bonchev–Trinajstić information content (AvgIpc) is 2.86. The first-order valence-electron chi connectivity index (χ1n) is 5.51. The van der Waals surface area contributed by atoms with Crippen molar-refractivity contribution in [2.24, 2.45) is 0 Å². The summed E-state index contributed by atoms with van der Waals surface area (Å²) < 4.78 is 39.6. The topological polar surface area (TPSA) is 95.7 Å². The first-order valence-corrected chi connectivity index (χ1v) is 7.81. The fourth-order valence-electron chi connectivity index (χ4n) is 1.37. The molecule has 0 unspecified atom stereocenters.